The van der Waals surface area contributed by atoms with Gasteiger partial charge in [-0.3, -0.25) is 4.79 Å². The molecule has 2 atom stereocenters. The van der Waals surface area contributed by atoms with Gasteiger partial charge >= 0.3 is 0 Å². The number of hydrogen-bond acceptors (Lipinski definition) is 8. The van der Waals surface area contributed by atoms with E-state index in [9.17, 15) is 4.79 Å². The zero-order valence-electron chi connectivity index (χ0n) is 14.4. The number of carbonyl (C=O) groups excluding carboxylic acids is 1. The van der Waals surface area contributed by atoms with E-state index in [4.69, 9.17) is 4.52 Å². The van der Waals surface area contributed by atoms with Crippen molar-refractivity contribution in [1.29, 1.82) is 0 Å². The standard InChI is InChI=1S/C15H22N8O2/c1-21(2)15-18-13(25-19-15)7-16-11-8-22(14(24)10-3-4-10)9-12(11)23-6-5-17-20-23/h5-6,10-12,16H,3-4,7-9H2,1-2H3/t11-,12+/m1/s1. The Kier molecular flexibility index (Phi) is 4.12. The van der Waals surface area contributed by atoms with Gasteiger partial charge in [-0.15, -0.1) is 5.10 Å². The Balaban J connectivity index is 1.44. The minimum atomic E-state index is 0.0430. The normalized spacial score (nSPS) is 23.2. The summed E-state index contributed by atoms with van der Waals surface area (Å²) < 4.78 is 7.07. The van der Waals surface area contributed by atoms with Gasteiger partial charge in [-0.05, 0) is 18.0 Å². The van der Waals surface area contributed by atoms with E-state index in [1.54, 1.807) is 11.1 Å². The Bertz CT molecular complexity index is 724. The number of nitrogens with one attached hydrogen (secondary N) is 1. The summed E-state index contributed by atoms with van der Waals surface area (Å²) in [5, 5.41) is 15.4. The van der Waals surface area contributed by atoms with Crippen LogP contribution in [0.5, 0.6) is 0 Å². The number of hydrogen-bond donors (Lipinski definition) is 1. The lowest BCUT2D eigenvalue weighted by molar-refractivity contribution is -0.131. The smallest absolute Gasteiger partial charge is 0.265 e. The molecule has 0 spiro atoms. The molecule has 2 aromatic rings. The lowest BCUT2D eigenvalue weighted by Crippen LogP contribution is -2.38. The van der Waals surface area contributed by atoms with Crippen LogP contribution in [0, 0.1) is 5.92 Å². The highest BCUT2D eigenvalue weighted by Crippen LogP contribution is 2.33. The van der Waals surface area contributed by atoms with Crippen LogP contribution in [0.4, 0.5) is 5.95 Å². The quantitative estimate of drug-likeness (QED) is 0.759. The molecule has 0 bridgehead atoms. The van der Waals surface area contributed by atoms with Crippen molar-refractivity contribution in [3.8, 4) is 0 Å². The number of amides is 1. The van der Waals surface area contributed by atoms with Crippen LogP contribution in [0.2, 0.25) is 0 Å². The fraction of sp³-hybridized carbons (Fsp3) is 0.667. The van der Waals surface area contributed by atoms with Gasteiger partial charge in [0.05, 0.1) is 18.8 Å². The van der Waals surface area contributed by atoms with E-state index < -0.39 is 0 Å². The van der Waals surface area contributed by atoms with E-state index in [1.165, 1.54) is 0 Å². The van der Waals surface area contributed by atoms with Gasteiger partial charge in [-0.25, -0.2) is 4.68 Å². The number of likely N-dealkylation sites (tertiary alicyclic amines) is 1. The summed E-state index contributed by atoms with van der Waals surface area (Å²) in [5.74, 6) is 1.53. The molecule has 0 aromatic carbocycles. The third-order valence-electron chi connectivity index (χ3n) is 4.68. The first kappa shape index (κ1) is 16.0. The van der Waals surface area contributed by atoms with E-state index >= 15 is 0 Å². The molecule has 1 saturated carbocycles. The molecule has 1 N–H and O–H groups in total. The maximum atomic E-state index is 12.4. The van der Waals surface area contributed by atoms with Crippen molar-refractivity contribution >= 4 is 11.9 Å². The van der Waals surface area contributed by atoms with Crippen molar-refractivity contribution in [3.63, 3.8) is 0 Å². The van der Waals surface area contributed by atoms with Crippen LogP contribution in [-0.2, 0) is 11.3 Å². The molecular formula is C15H22N8O2. The lowest BCUT2D eigenvalue weighted by atomic mass is 10.2. The third-order valence-corrected chi connectivity index (χ3v) is 4.68. The predicted molar refractivity (Wildman–Crippen MR) is 87.6 cm³/mol. The van der Waals surface area contributed by atoms with Gasteiger partial charge in [0.15, 0.2) is 0 Å². The van der Waals surface area contributed by atoms with Crippen molar-refractivity contribution in [1.82, 2.24) is 35.4 Å². The second-order valence-corrected chi connectivity index (χ2v) is 6.84. The third kappa shape index (κ3) is 3.34. The van der Waals surface area contributed by atoms with Crippen LogP contribution in [0.15, 0.2) is 16.9 Å². The van der Waals surface area contributed by atoms with E-state index in [2.05, 4.69) is 25.8 Å². The van der Waals surface area contributed by atoms with Gasteiger partial charge in [-0.2, -0.15) is 4.98 Å². The zero-order chi connectivity index (χ0) is 17.4. The second kappa shape index (κ2) is 6.43. The molecule has 134 valence electrons. The summed E-state index contributed by atoms with van der Waals surface area (Å²) >= 11 is 0. The highest BCUT2D eigenvalue weighted by Gasteiger charge is 2.41. The minimum absolute atomic E-state index is 0.0430. The molecule has 2 fully saturated rings. The van der Waals surface area contributed by atoms with Crippen LogP contribution in [0.1, 0.15) is 24.8 Å². The topological polar surface area (TPSA) is 105 Å². The van der Waals surface area contributed by atoms with Crippen LogP contribution in [0.25, 0.3) is 0 Å². The van der Waals surface area contributed by atoms with Gasteiger partial charge in [0.25, 0.3) is 5.95 Å². The largest absolute Gasteiger partial charge is 0.344 e. The van der Waals surface area contributed by atoms with Crippen molar-refractivity contribution in [3.05, 3.63) is 18.3 Å². The zero-order valence-corrected chi connectivity index (χ0v) is 14.4. The van der Waals surface area contributed by atoms with Crippen molar-refractivity contribution in [2.24, 2.45) is 5.92 Å². The summed E-state index contributed by atoms with van der Waals surface area (Å²) in [7, 11) is 3.72. The molecule has 0 unspecified atom stereocenters. The Morgan fingerprint density at radius 3 is 2.88 bits per heavy atom. The summed E-state index contributed by atoms with van der Waals surface area (Å²) in [6, 6.07) is 0.0977. The van der Waals surface area contributed by atoms with Crippen molar-refractivity contribution in [2.75, 3.05) is 32.1 Å². The molecule has 10 nitrogen and oxygen atoms in total. The Hall–Kier alpha value is -2.49. The van der Waals surface area contributed by atoms with Gasteiger partial charge in [0.2, 0.25) is 11.8 Å². The maximum absolute atomic E-state index is 12.4. The van der Waals surface area contributed by atoms with Crippen molar-refractivity contribution < 1.29 is 9.32 Å². The van der Waals surface area contributed by atoms with E-state index in [0.717, 1.165) is 12.8 Å². The molecule has 1 aliphatic carbocycles. The molecule has 10 heteroatoms. The highest BCUT2D eigenvalue weighted by atomic mass is 16.5. The van der Waals surface area contributed by atoms with Crippen molar-refractivity contribution in [2.45, 2.75) is 31.5 Å². The van der Waals surface area contributed by atoms with Crippen LogP contribution in [-0.4, -0.2) is 69.2 Å². The summed E-state index contributed by atoms with van der Waals surface area (Å²) in [6.45, 7) is 1.74. The molecule has 1 saturated heterocycles. The fourth-order valence-corrected chi connectivity index (χ4v) is 3.14. The molecule has 25 heavy (non-hydrogen) atoms. The first-order valence-corrected chi connectivity index (χ1v) is 8.49. The van der Waals surface area contributed by atoms with Crippen LogP contribution in [0.3, 0.4) is 0 Å². The van der Waals surface area contributed by atoms with E-state index in [0.29, 0.717) is 31.5 Å². The fourth-order valence-electron chi connectivity index (χ4n) is 3.14. The molecular weight excluding hydrogens is 324 g/mol. The Morgan fingerprint density at radius 1 is 1.40 bits per heavy atom. The molecule has 1 amide bonds. The molecule has 4 rings (SSSR count). The summed E-state index contributed by atoms with van der Waals surface area (Å²) in [4.78, 5) is 20.5. The number of aromatic nitrogens is 5. The number of rotatable bonds is 6. The minimum Gasteiger partial charge on any atom is -0.344 e. The molecule has 0 radical (unpaired) electrons. The molecule has 2 aliphatic rings. The molecule has 1 aliphatic heterocycles. The van der Waals surface area contributed by atoms with Gasteiger partial charge in [0.1, 0.15) is 0 Å². The SMILES string of the molecule is CN(C)c1noc(CN[C@@H]2CN(C(=O)C3CC3)C[C@@H]2n2ccnn2)n1. The van der Waals surface area contributed by atoms with Gasteiger partial charge < -0.3 is 19.6 Å². The van der Waals surface area contributed by atoms with Gasteiger partial charge in [0, 0.05) is 45.3 Å². The molecule has 3 heterocycles. The lowest BCUT2D eigenvalue weighted by Gasteiger charge is -2.18. The summed E-state index contributed by atoms with van der Waals surface area (Å²) in [6.07, 6.45) is 5.51. The van der Waals surface area contributed by atoms with Crippen LogP contribution >= 0.6 is 0 Å². The van der Waals surface area contributed by atoms with E-state index in [1.807, 2.05) is 29.9 Å². The maximum Gasteiger partial charge on any atom is 0.265 e. The first-order chi connectivity index (χ1) is 12.1. The Morgan fingerprint density at radius 2 is 2.24 bits per heavy atom. The predicted octanol–water partition coefficient (Wildman–Crippen LogP) is -0.321. The summed E-state index contributed by atoms with van der Waals surface area (Å²) in [5.41, 5.74) is 0. The number of anilines is 1. The highest BCUT2D eigenvalue weighted by molar-refractivity contribution is 5.81. The number of nitrogens with zero attached hydrogens (tertiary/aromatic N) is 7. The first-order valence-electron chi connectivity index (χ1n) is 8.49. The Labute approximate surface area is 145 Å². The number of carbonyl (C=O) groups is 1. The monoisotopic (exact) mass is 346 g/mol. The van der Waals surface area contributed by atoms with Crippen LogP contribution < -0.4 is 10.2 Å². The second-order valence-electron chi connectivity index (χ2n) is 6.84. The van der Waals surface area contributed by atoms with E-state index in [-0.39, 0.29) is 23.9 Å². The average Bonchev–Trinajstić information content (AvgIpc) is 3.04. The average molecular weight is 346 g/mol. The molecule has 2 aromatic heterocycles. The van der Waals surface area contributed by atoms with Gasteiger partial charge in [-0.1, -0.05) is 5.21 Å².